The predicted octanol–water partition coefficient (Wildman–Crippen LogP) is 8.03. The Morgan fingerprint density at radius 3 is 2.02 bits per heavy atom. The second-order valence-corrected chi connectivity index (χ2v) is 12.7. The molecular weight excluding hydrogens is 556 g/mol. The van der Waals surface area contributed by atoms with Gasteiger partial charge in [0.2, 0.25) is 0 Å². The summed E-state index contributed by atoms with van der Waals surface area (Å²) in [4.78, 5) is 27.2. The minimum absolute atomic E-state index is 0.0368. The van der Waals surface area contributed by atoms with Crippen LogP contribution < -0.4 is 10.2 Å². The fourth-order valence-electron chi connectivity index (χ4n) is 5.25. The number of nitrogens with one attached hydrogen (secondary N) is 1. The summed E-state index contributed by atoms with van der Waals surface area (Å²) in [6.45, 7) is 15.1. The van der Waals surface area contributed by atoms with Gasteiger partial charge in [-0.1, -0.05) is 68.4 Å². The maximum absolute atomic E-state index is 13.1. The first kappa shape index (κ1) is 34.2. The molecular formula is C36H48N2O4S. The number of hydrogen-bond donors (Lipinski definition) is 3. The molecule has 0 aromatic heterocycles. The standard InChI is InChI=1S/C36H48N2O4S/c1-8-26(9-2)27-17-19-31(20-18-27)38(24(3)4)22-25-11-10-12-30(21-25)28-13-15-29(16-14-28)33(35(41)42-36(5,6)7)37-32(23-43)34(39)40/h10-21,24,26,32-33,37,43H,8-9,22-23H2,1-7H3,(H,39,40)/t32-,33?/m0/s1. The Hall–Kier alpha value is -3.29. The maximum atomic E-state index is 13.1. The lowest BCUT2D eigenvalue weighted by Crippen LogP contribution is -2.45. The van der Waals surface area contributed by atoms with Crippen LogP contribution in [0.25, 0.3) is 11.1 Å². The maximum Gasteiger partial charge on any atom is 0.328 e. The van der Waals surface area contributed by atoms with E-state index >= 15 is 0 Å². The van der Waals surface area contributed by atoms with Crippen LogP contribution in [0.5, 0.6) is 0 Å². The van der Waals surface area contributed by atoms with E-state index in [1.807, 2.05) is 24.3 Å². The second kappa shape index (κ2) is 15.4. The van der Waals surface area contributed by atoms with Gasteiger partial charge in [-0.05, 0) is 99.4 Å². The first-order chi connectivity index (χ1) is 20.4. The van der Waals surface area contributed by atoms with Crippen molar-refractivity contribution in [3.63, 3.8) is 0 Å². The molecule has 1 unspecified atom stereocenters. The number of rotatable bonds is 14. The van der Waals surface area contributed by atoms with Crippen LogP contribution in [0.2, 0.25) is 0 Å². The van der Waals surface area contributed by atoms with Gasteiger partial charge in [-0.25, -0.2) is 4.79 Å². The quantitative estimate of drug-likeness (QED) is 0.128. The van der Waals surface area contributed by atoms with Gasteiger partial charge in [0.1, 0.15) is 17.7 Å². The van der Waals surface area contributed by atoms with E-state index in [9.17, 15) is 14.7 Å². The Morgan fingerprint density at radius 1 is 0.907 bits per heavy atom. The number of carboxylic acid groups (broad SMARTS) is 1. The topological polar surface area (TPSA) is 78.9 Å². The van der Waals surface area contributed by atoms with Gasteiger partial charge in [-0.15, -0.1) is 0 Å². The smallest absolute Gasteiger partial charge is 0.328 e. The molecule has 0 aliphatic heterocycles. The number of carbonyl (C=O) groups is 2. The number of aliphatic carboxylic acids is 1. The molecule has 6 nitrogen and oxygen atoms in total. The van der Waals surface area contributed by atoms with Crippen molar-refractivity contribution in [1.29, 1.82) is 0 Å². The largest absolute Gasteiger partial charge is 0.480 e. The Balaban J connectivity index is 1.84. The highest BCUT2D eigenvalue weighted by molar-refractivity contribution is 7.80. The lowest BCUT2D eigenvalue weighted by atomic mass is 9.94. The SMILES string of the molecule is CCC(CC)c1ccc(N(Cc2cccc(-c3ccc(C(N[C@@H](CS)C(=O)O)C(=O)OC(C)(C)C)cc3)c2)C(C)C)cc1. The summed E-state index contributed by atoms with van der Waals surface area (Å²) < 4.78 is 5.61. The van der Waals surface area contributed by atoms with E-state index in [0.29, 0.717) is 17.5 Å². The number of esters is 1. The molecule has 0 aliphatic rings. The summed E-state index contributed by atoms with van der Waals surface area (Å²) in [5.41, 5.74) is 5.80. The van der Waals surface area contributed by atoms with Gasteiger partial charge in [0.25, 0.3) is 0 Å². The number of ether oxygens (including phenoxy) is 1. The number of hydrogen-bond acceptors (Lipinski definition) is 6. The molecule has 0 bridgehead atoms. The van der Waals surface area contributed by atoms with Crippen molar-refractivity contribution < 1.29 is 19.4 Å². The summed E-state index contributed by atoms with van der Waals surface area (Å²) in [5.74, 6) is -0.970. The Labute approximate surface area is 263 Å². The number of nitrogens with zero attached hydrogens (tertiary/aromatic N) is 1. The number of carbonyl (C=O) groups excluding carboxylic acids is 1. The van der Waals surface area contributed by atoms with Crippen LogP contribution in [-0.2, 0) is 20.9 Å². The molecule has 43 heavy (non-hydrogen) atoms. The molecule has 0 radical (unpaired) electrons. The lowest BCUT2D eigenvalue weighted by molar-refractivity contribution is -0.158. The van der Waals surface area contributed by atoms with E-state index in [1.165, 1.54) is 16.8 Å². The number of carboxylic acids is 1. The van der Waals surface area contributed by atoms with Gasteiger partial charge >= 0.3 is 11.9 Å². The van der Waals surface area contributed by atoms with E-state index in [2.05, 4.69) is 99.1 Å². The molecule has 7 heteroatoms. The van der Waals surface area contributed by atoms with Crippen LogP contribution in [0.15, 0.2) is 72.8 Å². The van der Waals surface area contributed by atoms with Gasteiger partial charge in [0.05, 0.1) is 0 Å². The van der Waals surface area contributed by atoms with Crippen molar-refractivity contribution in [3.8, 4) is 11.1 Å². The van der Waals surface area contributed by atoms with Gasteiger partial charge in [0, 0.05) is 24.0 Å². The van der Waals surface area contributed by atoms with Gasteiger partial charge in [-0.2, -0.15) is 12.6 Å². The average molecular weight is 605 g/mol. The number of thiol groups is 1. The molecule has 3 aromatic carbocycles. The van der Waals surface area contributed by atoms with Gasteiger partial charge in [0.15, 0.2) is 0 Å². The normalized spacial score (nSPS) is 13.2. The molecule has 3 aromatic rings. The fraction of sp³-hybridized carbons (Fsp3) is 0.444. The van der Waals surface area contributed by atoms with E-state index in [1.54, 1.807) is 20.8 Å². The van der Waals surface area contributed by atoms with Gasteiger partial charge in [-0.3, -0.25) is 10.1 Å². The molecule has 0 fully saturated rings. The highest BCUT2D eigenvalue weighted by atomic mass is 32.1. The fourth-order valence-corrected chi connectivity index (χ4v) is 5.51. The Kier molecular flexibility index (Phi) is 12.3. The van der Waals surface area contributed by atoms with Crippen LogP contribution in [0, 0.1) is 0 Å². The summed E-state index contributed by atoms with van der Waals surface area (Å²) >= 11 is 4.15. The highest BCUT2D eigenvalue weighted by Gasteiger charge is 2.30. The lowest BCUT2D eigenvalue weighted by Gasteiger charge is -2.30. The third-order valence-electron chi connectivity index (χ3n) is 7.65. The average Bonchev–Trinajstić information content (AvgIpc) is 2.96. The van der Waals surface area contributed by atoms with Crippen LogP contribution in [0.4, 0.5) is 5.69 Å². The summed E-state index contributed by atoms with van der Waals surface area (Å²) in [6, 6.07) is 23.5. The Morgan fingerprint density at radius 2 is 1.51 bits per heavy atom. The molecule has 2 N–H and O–H groups in total. The molecule has 2 atom stereocenters. The van der Waals surface area contributed by atoms with Crippen LogP contribution >= 0.6 is 12.6 Å². The first-order valence-electron chi connectivity index (χ1n) is 15.2. The van der Waals surface area contributed by atoms with Crippen molar-refractivity contribution in [3.05, 3.63) is 89.5 Å². The van der Waals surface area contributed by atoms with E-state index in [0.717, 1.165) is 30.5 Å². The summed E-state index contributed by atoms with van der Waals surface area (Å²) in [7, 11) is 0. The predicted molar refractivity (Wildman–Crippen MR) is 180 cm³/mol. The van der Waals surface area contributed by atoms with Crippen molar-refractivity contribution >= 4 is 30.3 Å². The molecule has 0 aliphatic carbocycles. The van der Waals surface area contributed by atoms with Crippen LogP contribution in [-0.4, -0.2) is 40.5 Å². The van der Waals surface area contributed by atoms with Crippen molar-refractivity contribution in [1.82, 2.24) is 5.32 Å². The molecule has 0 heterocycles. The van der Waals surface area contributed by atoms with Crippen molar-refractivity contribution in [2.75, 3.05) is 10.7 Å². The Bertz CT molecular complexity index is 1330. The third kappa shape index (κ3) is 9.60. The summed E-state index contributed by atoms with van der Waals surface area (Å²) in [6.07, 6.45) is 2.29. The van der Waals surface area contributed by atoms with Crippen molar-refractivity contribution in [2.24, 2.45) is 0 Å². The van der Waals surface area contributed by atoms with E-state index in [4.69, 9.17) is 4.74 Å². The minimum atomic E-state index is -1.07. The number of benzene rings is 3. The van der Waals surface area contributed by atoms with Crippen molar-refractivity contribution in [2.45, 2.75) is 97.5 Å². The molecule has 0 amide bonds. The van der Waals surface area contributed by atoms with E-state index < -0.39 is 29.6 Å². The highest BCUT2D eigenvalue weighted by Crippen LogP contribution is 2.29. The summed E-state index contributed by atoms with van der Waals surface area (Å²) in [5, 5.41) is 12.5. The second-order valence-electron chi connectivity index (χ2n) is 12.4. The first-order valence-corrected chi connectivity index (χ1v) is 15.9. The molecule has 3 rings (SSSR count). The number of anilines is 1. The molecule has 0 saturated heterocycles. The minimum Gasteiger partial charge on any atom is -0.480 e. The molecule has 0 spiro atoms. The van der Waals surface area contributed by atoms with E-state index in [-0.39, 0.29) is 5.75 Å². The molecule has 0 saturated carbocycles. The zero-order valence-electron chi connectivity index (χ0n) is 26.6. The molecule has 232 valence electrons. The zero-order chi connectivity index (χ0) is 31.7. The zero-order valence-corrected chi connectivity index (χ0v) is 27.5. The van der Waals surface area contributed by atoms with Crippen LogP contribution in [0.3, 0.4) is 0 Å². The third-order valence-corrected chi connectivity index (χ3v) is 8.02. The van der Waals surface area contributed by atoms with Crippen LogP contribution in [0.1, 0.15) is 90.0 Å². The van der Waals surface area contributed by atoms with Gasteiger partial charge < -0.3 is 14.7 Å². The monoisotopic (exact) mass is 604 g/mol.